The summed E-state index contributed by atoms with van der Waals surface area (Å²) >= 11 is 0. The van der Waals surface area contributed by atoms with Gasteiger partial charge in [-0.1, -0.05) is 0 Å². The number of carbonyl (C=O) groups excluding carboxylic acids is 1. The molecule has 20 heavy (non-hydrogen) atoms. The van der Waals surface area contributed by atoms with Crippen molar-refractivity contribution in [2.45, 2.75) is 32.0 Å². The van der Waals surface area contributed by atoms with Crippen molar-refractivity contribution in [3.63, 3.8) is 0 Å². The molecule has 2 heterocycles. The summed E-state index contributed by atoms with van der Waals surface area (Å²) in [6, 6.07) is 0. The summed E-state index contributed by atoms with van der Waals surface area (Å²) in [4.78, 5) is 11.8. The highest BCUT2D eigenvalue weighted by Gasteiger charge is 2.26. The number of carbonyl (C=O) groups is 1. The lowest BCUT2D eigenvalue weighted by atomic mass is 10.1. The van der Waals surface area contributed by atoms with Gasteiger partial charge in [-0.15, -0.1) is 12.4 Å². The van der Waals surface area contributed by atoms with E-state index in [4.69, 9.17) is 0 Å². The van der Waals surface area contributed by atoms with Crippen LogP contribution >= 0.6 is 12.4 Å². The van der Waals surface area contributed by atoms with Crippen molar-refractivity contribution in [3.05, 3.63) is 17.0 Å². The molecule has 1 aromatic heterocycles. The molecule has 3 N–H and O–H groups in total. The predicted molar refractivity (Wildman–Crippen MR) is 68.9 cm³/mol. The first kappa shape index (κ1) is 16.8. The molecule has 0 unspecified atom stereocenters. The molecule has 0 fully saturated rings. The largest absolute Gasteiger partial charge is 0.389 e. The number of aromatic nitrogens is 2. The fourth-order valence-electron chi connectivity index (χ4n) is 1.99. The van der Waals surface area contributed by atoms with E-state index in [-0.39, 0.29) is 31.1 Å². The topological polar surface area (TPSA) is 69.8 Å². The molecule has 2 rings (SSSR count). The van der Waals surface area contributed by atoms with E-state index in [0.717, 1.165) is 24.2 Å². The summed E-state index contributed by atoms with van der Waals surface area (Å²) in [5.41, 5.74) is 1.99. The van der Waals surface area contributed by atoms with Crippen LogP contribution in [-0.4, -0.2) is 35.4 Å². The number of rotatable bonds is 4. The van der Waals surface area contributed by atoms with Crippen LogP contribution in [0.3, 0.4) is 0 Å². The van der Waals surface area contributed by atoms with Gasteiger partial charge in [0.2, 0.25) is 0 Å². The lowest BCUT2D eigenvalue weighted by molar-refractivity contribution is -0.135. The van der Waals surface area contributed by atoms with Gasteiger partial charge in [0.1, 0.15) is 0 Å². The number of amides is 1. The number of aromatic amines is 1. The maximum Gasteiger partial charge on any atom is 0.389 e. The van der Waals surface area contributed by atoms with Crippen molar-refractivity contribution in [3.8, 4) is 0 Å². The first-order chi connectivity index (χ1) is 8.97. The van der Waals surface area contributed by atoms with Crippen LogP contribution in [0, 0.1) is 0 Å². The smallest absolute Gasteiger partial charge is 0.351 e. The van der Waals surface area contributed by atoms with Crippen molar-refractivity contribution in [1.29, 1.82) is 0 Å². The van der Waals surface area contributed by atoms with Gasteiger partial charge < -0.3 is 10.6 Å². The second-order valence-corrected chi connectivity index (χ2v) is 4.43. The quantitative estimate of drug-likeness (QED) is 0.739. The zero-order valence-electron chi connectivity index (χ0n) is 10.6. The van der Waals surface area contributed by atoms with Crippen LogP contribution < -0.4 is 10.6 Å². The van der Waals surface area contributed by atoms with Gasteiger partial charge in [0.25, 0.3) is 5.91 Å². The van der Waals surface area contributed by atoms with Crippen LogP contribution in [0.1, 0.15) is 34.6 Å². The molecule has 1 aromatic rings. The van der Waals surface area contributed by atoms with E-state index < -0.39 is 18.5 Å². The summed E-state index contributed by atoms with van der Waals surface area (Å²) in [5.74, 6) is -0.427. The molecule has 9 heteroatoms. The first-order valence-corrected chi connectivity index (χ1v) is 6.09. The van der Waals surface area contributed by atoms with Crippen LogP contribution in [0.25, 0.3) is 0 Å². The Hall–Kier alpha value is -1.28. The first-order valence-electron chi connectivity index (χ1n) is 6.09. The monoisotopic (exact) mass is 312 g/mol. The molecular formula is C11H16ClF3N4O. The molecule has 0 bridgehead atoms. The highest BCUT2D eigenvalue weighted by atomic mass is 35.5. The van der Waals surface area contributed by atoms with Crippen molar-refractivity contribution in [2.75, 3.05) is 13.1 Å². The number of nitrogens with one attached hydrogen (secondary N) is 3. The maximum absolute atomic E-state index is 11.9. The van der Waals surface area contributed by atoms with Crippen molar-refractivity contribution < 1.29 is 18.0 Å². The van der Waals surface area contributed by atoms with Crippen LogP contribution in [0.4, 0.5) is 13.2 Å². The molecule has 0 atom stereocenters. The van der Waals surface area contributed by atoms with Crippen LogP contribution in [0.5, 0.6) is 0 Å². The van der Waals surface area contributed by atoms with E-state index in [1.54, 1.807) is 0 Å². The van der Waals surface area contributed by atoms with Gasteiger partial charge in [0.05, 0.1) is 0 Å². The number of fused-ring (bicyclic) bond motifs is 1. The van der Waals surface area contributed by atoms with E-state index in [9.17, 15) is 18.0 Å². The van der Waals surface area contributed by atoms with Gasteiger partial charge in [0.15, 0.2) is 5.69 Å². The van der Waals surface area contributed by atoms with Gasteiger partial charge in [-0.3, -0.25) is 9.89 Å². The van der Waals surface area contributed by atoms with Crippen molar-refractivity contribution in [2.24, 2.45) is 0 Å². The number of alkyl halides is 3. The molecule has 114 valence electrons. The van der Waals surface area contributed by atoms with Gasteiger partial charge in [-0.05, 0) is 6.42 Å². The molecule has 0 saturated heterocycles. The summed E-state index contributed by atoms with van der Waals surface area (Å²) in [6.45, 7) is 1.37. The molecule has 1 aliphatic rings. The summed E-state index contributed by atoms with van der Waals surface area (Å²) in [5, 5.41) is 12.3. The van der Waals surface area contributed by atoms with Gasteiger partial charge in [0, 0.05) is 43.7 Å². The van der Waals surface area contributed by atoms with Crippen LogP contribution in [0.15, 0.2) is 0 Å². The lowest BCUT2D eigenvalue weighted by Gasteiger charge is -2.13. The number of hydrogen-bond acceptors (Lipinski definition) is 3. The Morgan fingerprint density at radius 3 is 2.85 bits per heavy atom. The minimum absolute atomic E-state index is 0. The van der Waals surface area contributed by atoms with E-state index in [1.165, 1.54) is 0 Å². The van der Waals surface area contributed by atoms with Crippen LogP contribution in [0.2, 0.25) is 0 Å². The summed E-state index contributed by atoms with van der Waals surface area (Å²) in [7, 11) is 0. The Balaban J connectivity index is 0.00000200. The van der Waals surface area contributed by atoms with Crippen molar-refractivity contribution in [1.82, 2.24) is 20.8 Å². The molecule has 1 aliphatic heterocycles. The molecule has 0 aromatic carbocycles. The highest BCUT2D eigenvalue weighted by molar-refractivity contribution is 5.94. The number of halogens is 4. The maximum atomic E-state index is 11.9. The molecule has 0 spiro atoms. The molecular weight excluding hydrogens is 297 g/mol. The van der Waals surface area contributed by atoms with Crippen molar-refractivity contribution >= 4 is 18.3 Å². The average molecular weight is 313 g/mol. The lowest BCUT2D eigenvalue weighted by Crippen LogP contribution is -2.29. The summed E-state index contributed by atoms with van der Waals surface area (Å²) in [6.07, 6.45) is -4.43. The Morgan fingerprint density at radius 1 is 1.40 bits per heavy atom. The van der Waals surface area contributed by atoms with E-state index >= 15 is 0 Å². The second-order valence-electron chi connectivity index (χ2n) is 4.43. The van der Waals surface area contributed by atoms with Gasteiger partial charge in [-0.25, -0.2) is 0 Å². The third-order valence-electron chi connectivity index (χ3n) is 2.94. The van der Waals surface area contributed by atoms with Gasteiger partial charge >= 0.3 is 6.18 Å². The Bertz CT molecular complexity index is 461. The second kappa shape index (κ2) is 6.94. The van der Waals surface area contributed by atoms with Gasteiger partial charge in [-0.2, -0.15) is 18.3 Å². The third-order valence-corrected chi connectivity index (χ3v) is 2.94. The van der Waals surface area contributed by atoms with Crippen LogP contribution in [-0.2, 0) is 13.0 Å². The standard InChI is InChI=1S/C11H15F3N4O.ClH/c12-11(13,14)3-1-4-16-10(19)9-7-6-15-5-2-8(7)17-18-9;/h15H,1-6H2,(H,16,19)(H,17,18);1H. The number of nitrogens with zero attached hydrogens (tertiary/aromatic N) is 1. The Morgan fingerprint density at radius 2 is 2.15 bits per heavy atom. The minimum Gasteiger partial charge on any atom is -0.351 e. The van der Waals surface area contributed by atoms with E-state index in [1.807, 2.05) is 0 Å². The van der Waals surface area contributed by atoms with E-state index in [0.29, 0.717) is 6.54 Å². The fourth-order valence-corrected chi connectivity index (χ4v) is 1.99. The minimum atomic E-state index is -4.18. The summed E-state index contributed by atoms with van der Waals surface area (Å²) < 4.78 is 35.8. The molecule has 0 radical (unpaired) electrons. The predicted octanol–water partition coefficient (Wildman–Crippen LogP) is 1.55. The molecule has 0 saturated carbocycles. The molecule has 5 nitrogen and oxygen atoms in total. The Kier molecular flexibility index (Phi) is 5.82. The Labute approximate surface area is 120 Å². The third kappa shape index (κ3) is 4.38. The number of H-pyrrole nitrogens is 1. The highest BCUT2D eigenvalue weighted by Crippen LogP contribution is 2.20. The number of hydrogen-bond donors (Lipinski definition) is 3. The molecule has 0 aliphatic carbocycles. The zero-order valence-corrected chi connectivity index (χ0v) is 11.5. The fraction of sp³-hybridized carbons (Fsp3) is 0.636. The average Bonchev–Trinajstić information content (AvgIpc) is 2.77. The SMILES string of the molecule is Cl.O=C(NCCCC(F)(F)F)c1n[nH]c2c1CNCC2. The molecule has 1 amide bonds. The zero-order chi connectivity index (χ0) is 13.9. The normalized spacial score (nSPS) is 14.3. The van der Waals surface area contributed by atoms with E-state index in [2.05, 4.69) is 20.8 Å².